The molecule has 1 heterocycles. The summed E-state index contributed by atoms with van der Waals surface area (Å²) in [6, 6.07) is 72.6. The lowest BCUT2D eigenvalue weighted by Gasteiger charge is -2.28. The predicted molar refractivity (Wildman–Crippen MR) is 240 cm³/mol. The monoisotopic (exact) mass is 729 g/mol. The first kappa shape index (κ1) is 33.2. The molecule has 270 valence electrons. The van der Waals surface area contributed by atoms with E-state index in [0.29, 0.717) is 0 Å². The van der Waals surface area contributed by atoms with Gasteiger partial charge in [0.2, 0.25) is 0 Å². The van der Waals surface area contributed by atoms with Gasteiger partial charge in [-0.1, -0.05) is 153 Å². The van der Waals surface area contributed by atoms with Gasteiger partial charge in [0.15, 0.2) is 0 Å². The van der Waals surface area contributed by atoms with Crippen molar-refractivity contribution < 1.29 is 4.42 Å². The van der Waals surface area contributed by atoms with Gasteiger partial charge in [0, 0.05) is 33.2 Å². The molecule has 0 radical (unpaired) electrons. The van der Waals surface area contributed by atoms with E-state index in [2.05, 4.69) is 219 Å². The van der Waals surface area contributed by atoms with E-state index in [0.717, 1.165) is 33.6 Å². The molecule has 1 aromatic heterocycles. The van der Waals surface area contributed by atoms with Gasteiger partial charge in [-0.05, 0) is 127 Å². The van der Waals surface area contributed by atoms with E-state index in [4.69, 9.17) is 4.42 Å². The van der Waals surface area contributed by atoms with Crippen LogP contribution in [0.4, 0.5) is 17.1 Å². The molecule has 0 saturated carbocycles. The minimum atomic E-state index is -0.143. The van der Waals surface area contributed by atoms with Crippen molar-refractivity contribution in [1.82, 2.24) is 0 Å². The van der Waals surface area contributed by atoms with Crippen LogP contribution in [0.5, 0.6) is 0 Å². The minimum Gasteiger partial charge on any atom is -0.456 e. The summed E-state index contributed by atoms with van der Waals surface area (Å²) in [5, 5.41) is 4.77. The summed E-state index contributed by atoms with van der Waals surface area (Å²) in [6.07, 6.45) is 0. The number of fused-ring (bicyclic) bond motifs is 8. The second kappa shape index (κ2) is 13.0. The Kier molecular flexibility index (Phi) is 7.55. The third-order valence-corrected chi connectivity index (χ3v) is 12.1. The Bertz CT molecular complexity index is 3120. The number of para-hydroxylation sites is 1. The highest BCUT2D eigenvalue weighted by Crippen LogP contribution is 2.51. The largest absolute Gasteiger partial charge is 0.456 e. The van der Waals surface area contributed by atoms with Crippen molar-refractivity contribution in [3.05, 3.63) is 211 Å². The molecule has 9 aromatic carbocycles. The van der Waals surface area contributed by atoms with E-state index in [1.807, 2.05) is 0 Å². The smallest absolute Gasteiger partial charge is 0.136 e. The molecule has 0 bridgehead atoms. The molecule has 0 N–H and O–H groups in total. The zero-order valence-electron chi connectivity index (χ0n) is 31.9. The Balaban J connectivity index is 0.912. The van der Waals surface area contributed by atoms with Crippen molar-refractivity contribution in [3.63, 3.8) is 0 Å². The number of nitrogens with zero attached hydrogens (tertiary/aromatic N) is 1. The summed E-state index contributed by atoms with van der Waals surface area (Å²) in [7, 11) is 0. The van der Waals surface area contributed by atoms with E-state index in [1.165, 1.54) is 71.8 Å². The average Bonchev–Trinajstić information content (AvgIpc) is 3.76. The SMILES string of the molecule is CC1(C)c2cc(-c3ccccc3)ccc2-c2ccc(N(c3ccccc3)c3ccc(-c4ccc(-c5ccc6oc7ccc8ccccc8c7c6c5)cc4)cc3)cc21. The molecular formula is C55H39NO. The number of furan rings is 1. The molecule has 0 unspecified atom stereocenters. The highest BCUT2D eigenvalue weighted by atomic mass is 16.3. The van der Waals surface area contributed by atoms with Crippen molar-refractivity contribution in [2.45, 2.75) is 19.3 Å². The first-order chi connectivity index (χ1) is 28.0. The van der Waals surface area contributed by atoms with Crippen molar-refractivity contribution in [1.29, 1.82) is 0 Å². The van der Waals surface area contributed by atoms with Crippen molar-refractivity contribution in [3.8, 4) is 44.5 Å². The Hall–Kier alpha value is -7.16. The number of hydrogen-bond donors (Lipinski definition) is 0. The normalized spacial score (nSPS) is 12.9. The van der Waals surface area contributed by atoms with E-state index < -0.39 is 0 Å². The van der Waals surface area contributed by atoms with Crippen LogP contribution < -0.4 is 4.90 Å². The summed E-state index contributed by atoms with van der Waals surface area (Å²) < 4.78 is 6.27. The van der Waals surface area contributed by atoms with E-state index in [-0.39, 0.29) is 5.41 Å². The molecule has 2 nitrogen and oxygen atoms in total. The molecule has 11 rings (SSSR count). The van der Waals surface area contributed by atoms with Gasteiger partial charge in [0.05, 0.1) is 0 Å². The van der Waals surface area contributed by atoms with Crippen molar-refractivity contribution in [2.75, 3.05) is 4.90 Å². The summed E-state index contributed by atoms with van der Waals surface area (Å²) in [6.45, 7) is 4.73. The maximum Gasteiger partial charge on any atom is 0.136 e. The van der Waals surface area contributed by atoms with Crippen LogP contribution in [-0.2, 0) is 5.41 Å². The van der Waals surface area contributed by atoms with Gasteiger partial charge in [-0.15, -0.1) is 0 Å². The van der Waals surface area contributed by atoms with Crippen LogP contribution in [0.25, 0.3) is 77.2 Å². The topological polar surface area (TPSA) is 16.4 Å². The molecule has 57 heavy (non-hydrogen) atoms. The van der Waals surface area contributed by atoms with Gasteiger partial charge in [-0.25, -0.2) is 0 Å². The van der Waals surface area contributed by atoms with E-state index in [1.54, 1.807) is 0 Å². The van der Waals surface area contributed by atoms with Crippen LogP contribution in [0.2, 0.25) is 0 Å². The summed E-state index contributed by atoms with van der Waals surface area (Å²) in [5.74, 6) is 0. The van der Waals surface area contributed by atoms with Crippen molar-refractivity contribution >= 4 is 49.8 Å². The lowest BCUT2D eigenvalue weighted by Crippen LogP contribution is -2.16. The number of rotatable bonds is 6. The Morgan fingerprint density at radius 3 is 1.63 bits per heavy atom. The van der Waals surface area contributed by atoms with Gasteiger partial charge < -0.3 is 9.32 Å². The standard InChI is InChI=1S/C55H39NO/c1-55(2)50-34-42(36-11-5-3-6-12-36)23-29-47(50)48-30-28-45(35-51(48)55)56(43-14-7-4-8-15-43)44-26-21-38(22-27-44)37-17-19-39(20-18-37)41-25-31-52-49(33-41)54-46-16-10-9-13-40(46)24-32-53(54)57-52/h3-35H,1-2H3. The Morgan fingerprint density at radius 2 is 0.877 bits per heavy atom. The second-order valence-electron chi connectivity index (χ2n) is 15.7. The van der Waals surface area contributed by atoms with Gasteiger partial charge >= 0.3 is 0 Å². The summed E-state index contributed by atoms with van der Waals surface area (Å²) >= 11 is 0. The van der Waals surface area contributed by atoms with Crippen LogP contribution in [0.1, 0.15) is 25.0 Å². The zero-order chi connectivity index (χ0) is 38.1. The molecule has 0 aliphatic heterocycles. The average molecular weight is 730 g/mol. The molecule has 1 aliphatic carbocycles. The fourth-order valence-electron chi connectivity index (χ4n) is 9.08. The van der Waals surface area contributed by atoms with Gasteiger partial charge in [-0.2, -0.15) is 0 Å². The highest BCUT2D eigenvalue weighted by Gasteiger charge is 2.36. The number of benzene rings is 9. The Morgan fingerprint density at radius 1 is 0.368 bits per heavy atom. The van der Waals surface area contributed by atoms with Gasteiger partial charge in [0.1, 0.15) is 11.2 Å². The van der Waals surface area contributed by atoms with Crippen LogP contribution in [-0.4, -0.2) is 0 Å². The van der Waals surface area contributed by atoms with Gasteiger partial charge in [-0.3, -0.25) is 0 Å². The summed E-state index contributed by atoms with van der Waals surface area (Å²) in [5.41, 5.74) is 17.7. The maximum absolute atomic E-state index is 6.27. The number of anilines is 3. The molecule has 0 spiro atoms. The lowest BCUT2D eigenvalue weighted by atomic mass is 9.81. The molecule has 0 fully saturated rings. The molecular weight excluding hydrogens is 691 g/mol. The van der Waals surface area contributed by atoms with Crippen molar-refractivity contribution in [2.24, 2.45) is 0 Å². The maximum atomic E-state index is 6.27. The van der Waals surface area contributed by atoms with E-state index >= 15 is 0 Å². The molecule has 10 aromatic rings. The molecule has 0 saturated heterocycles. The fourth-order valence-corrected chi connectivity index (χ4v) is 9.08. The van der Waals surface area contributed by atoms with Gasteiger partial charge in [0.25, 0.3) is 0 Å². The van der Waals surface area contributed by atoms with Crippen LogP contribution >= 0.6 is 0 Å². The third kappa shape index (κ3) is 5.48. The summed E-state index contributed by atoms with van der Waals surface area (Å²) in [4.78, 5) is 2.38. The second-order valence-corrected chi connectivity index (χ2v) is 15.7. The molecule has 1 aliphatic rings. The zero-order valence-corrected chi connectivity index (χ0v) is 31.9. The molecule has 0 atom stereocenters. The third-order valence-electron chi connectivity index (χ3n) is 12.1. The number of hydrogen-bond acceptors (Lipinski definition) is 2. The van der Waals surface area contributed by atoms with Crippen LogP contribution in [0, 0.1) is 0 Å². The first-order valence-corrected chi connectivity index (χ1v) is 19.7. The molecule has 0 amide bonds. The highest BCUT2D eigenvalue weighted by molar-refractivity contribution is 6.19. The van der Waals surface area contributed by atoms with Crippen LogP contribution in [0.15, 0.2) is 205 Å². The fraction of sp³-hybridized carbons (Fsp3) is 0.0545. The predicted octanol–water partition coefficient (Wildman–Crippen LogP) is 15.5. The van der Waals surface area contributed by atoms with Crippen LogP contribution in [0.3, 0.4) is 0 Å². The Labute approximate surface area is 332 Å². The quantitative estimate of drug-likeness (QED) is 0.169. The lowest BCUT2D eigenvalue weighted by molar-refractivity contribution is 0.660. The van der Waals surface area contributed by atoms with E-state index in [9.17, 15) is 0 Å². The first-order valence-electron chi connectivity index (χ1n) is 19.7. The molecule has 2 heteroatoms. The minimum absolute atomic E-state index is 0.143.